The smallest absolute Gasteiger partial charge is 0.326 e. The van der Waals surface area contributed by atoms with Gasteiger partial charge in [0, 0.05) is 37.3 Å². The number of amidine groups is 1. The van der Waals surface area contributed by atoms with Crippen molar-refractivity contribution in [3.05, 3.63) is 58.6 Å². The maximum Gasteiger partial charge on any atom is 0.326 e. The summed E-state index contributed by atoms with van der Waals surface area (Å²) in [5, 5.41) is 4.01. The molecule has 1 N–H and O–H groups in total. The van der Waals surface area contributed by atoms with Crippen LogP contribution in [-0.2, 0) is 0 Å². The van der Waals surface area contributed by atoms with Crippen LogP contribution >= 0.6 is 11.6 Å². The minimum Gasteiger partial charge on any atom is -0.497 e. The van der Waals surface area contributed by atoms with E-state index >= 15 is 0 Å². The number of ether oxygens (including phenoxy) is 2. The van der Waals surface area contributed by atoms with Crippen LogP contribution in [0.25, 0.3) is 0 Å². The first kappa shape index (κ1) is 26.3. The number of aliphatic imine (C=N–C) groups is 1. The SMILES string of the molecule is CCOc1cc(OC)ccc1C1=NC(CCC(C)C)C(c2ccc(Cl)cc2)N1C(=O)N1CCNCC1. The maximum absolute atomic E-state index is 14.2. The van der Waals surface area contributed by atoms with Gasteiger partial charge in [-0.3, -0.25) is 9.89 Å². The number of nitrogens with one attached hydrogen (secondary N) is 1. The molecular weight excluding hydrogens is 476 g/mol. The summed E-state index contributed by atoms with van der Waals surface area (Å²) in [6.07, 6.45) is 1.89. The number of piperazine rings is 1. The quantitative estimate of drug-likeness (QED) is 0.515. The zero-order chi connectivity index (χ0) is 25.7. The number of amides is 2. The first-order chi connectivity index (χ1) is 17.4. The number of nitrogens with zero attached hydrogens (tertiary/aromatic N) is 3. The molecule has 0 aromatic heterocycles. The highest BCUT2D eigenvalue weighted by Gasteiger charge is 2.43. The Morgan fingerprint density at radius 2 is 1.89 bits per heavy atom. The predicted octanol–water partition coefficient (Wildman–Crippen LogP) is 5.38. The van der Waals surface area contributed by atoms with Gasteiger partial charge >= 0.3 is 6.03 Å². The first-order valence-electron chi connectivity index (χ1n) is 12.9. The summed E-state index contributed by atoms with van der Waals surface area (Å²) in [7, 11) is 1.64. The van der Waals surface area contributed by atoms with E-state index in [2.05, 4.69) is 19.2 Å². The number of carbonyl (C=O) groups excluding carboxylic acids is 1. The van der Waals surface area contributed by atoms with Crippen LogP contribution in [0.4, 0.5) is 4.79 Å². The van der Waals surface area contributed by atoms with Crippen molar-refractivity contribution in [2.75, 3.05) is 39.9 Å². The van der Waals surface area contributed by atoms with Gasteiger partial charge in [0.25, 0.3) is 0 Å². The number of carbonyl (C=O) groups is 1. The third kappa shape index (κ3) is 5.79. The Bertz CT molecular complexity index is 1070. The maximum atomic E-state index is 14.2. The molecule has 4 rings (SSSR count). The van der Waals surface area contributed by atoms with E-state index in [0.717, 1.165) is 37.1 Å². The van der Waals surface area contributed by atoms with Gasteiger partial charge in [-0.25, -0.2) is 4.79 Å². The Balaban J connectivity index is 1.83. The molecular formula is C28H37ClN4O3. The van der Waals surface area contributed by atoms with E-state index in [4.69, 9.17) is 26.1 Å². The van der Waals surface area contributed by atoms with Gasteiger partial charge in [-0.2, -0.15) is 0 Å². The third-order valence-corrected chi connectivity index (χ3v) is 6.99. The van der Waals surface area contributed by atoms with E-state index < -0.39 is 0 Å². The number of halogens is 1. The van der Waals surface area contributed by atoms with Crippen LogP contribution in [0.3, 0.4) is 0 Å². The molecule has 2 aliphatic rings. The largest absolute Gasteiger partial charge is 0.497 e. The molecule has 2 aliphatic heterocycles. The number of hydrogen-bond donors (Lipinski definition) is 1. The Hall–Kier alpha value is -2.77. The van der Waals surface area contributed by atoms with E-state index in [1.807, 2.05) is 59.2 Å². The van der Waals surface area contributed by atoms with Gasteiger partial charge in [0.05, 0.1) is 31.4 Å². The summed E-state index contributed by atoms with van der Waals surface area (Å²) in [4.78, 5) is 23.2. The Morgan fingerprint density at radius 1 is 1.17 bits per heavy atom. The predicted molar refractivity (Wildman–Crippen MR) is 144 cm³/mol. The Labute approximate surface area is 219 Å². The molecule has 2 amide bonds. The van der Waals surface area contributed by atoms with Crippen molar-refractivity contribution >= 4 is 23.5 Å². The average Bonchev–Trinajstić information content (AvgIpc) is 3.27. The summed E-state index contributed by atoms with van der Waals surface area (Å²) in [5.74, 6) is 2.55. The molecule has 0 aliphatic carbocycles. The lowest BCUT2D eigenvalue weighted by molar-refractivity contribution is 0.156. The molecule has 194 valence electrons. The second-order valence-electron chi connectivity index (χ2n) is 9.67. The highest BCUT2D eigenvalue weighted by atomic mass is 35.5. The van der Waals surface area contributed by atoms with Crippen LogP contribution in [-0.4, -0.2) is 67.6 Å². The fourth-order valence-electron chi connectivity index (χ4n) is 4.86. The Kier molecular flexibility index (Phi) is 8.75. The second-order valence-corrected chi connectivity index (χ2v) is 10.1. The lowest BCUT2D eigenvalue weighted by atomic mass is 9.93. The van der Waals surface area contributed by atoms with Crippen molar-refractivity contribution in [3.63, 3.8) is 0 Å². The third-order valence-electron chi connectivity index (χ3n) is 6.73. The standard InChI is InChI=1S/C28H37ClN4O3/c1-5-36-25-18-22(35-4)11-12-23(25)27-31-24(13-6-19(2)3)26(20-7-9-21(29)10-8-20)33(27)28(34)32-16-14-30-15-17-32/h7-12,18-19,24,26,30H,5-6,13-17H2,1-4H3. The van der Waals surface area contributed by atoms with Crippen molar-refractivity contribution in [2.24, 2.45) is 10.9 Å². The van der Waals surface area contributed by atoms with Crippen LogP contribution < -0.4 is 14.8 Å². The van der Waals surface area contributed by atoms with E-state index in [1.165, 1.54) is 0 Å². The lowest BCUT2D eigenvalue weighted by Gasteiger charge is -2.36. The van der Waals surface area contributed by atoms with Crippen LogP contribution in [0.15, 0.2) is 47.5 Å². The van der Waals surface area contributed by atoms with Gasteiger partial charge in [0.2, 0.25) is 0 Å². The molecule has 1 fully saturated rings. The molecule has 0 radical (unpaired) electrons. The molecule has 2 heterocycles. The molecule has 2 aromatic carbocycles. The molecule has 2 aromatic rings. The molecule has 1 saturated heterocycles. The highest BCUT2D eigenvalue weighted by molar-refractivity contribution is 6.30. The fraction of sp³-hybridized carbons (Fsp3) is 0.500. The molecule has 2 unspecified atom stereocenters. The van der Waals surface area contributed by atoms with E-state index in [1.54, 1.807) is 7.11 Å². The second kappa shape index (κ2) is 12.0. The zero-order valence-corrected chi connectivity index (χ0v) is 22.4. The van der Waals surface area contributed by atoms with Crippen molar-refractivity contribution in [3.8, 4) is 11.5 Å². The van der Waals surface area contributed by atoms with Crippen molar-refractivity contribution in [1.82, 2.24) is 15.1 Å². The van der Waals surface area contributed by atoms with Gasteiger partial charge in [0.15, 0.2) is 0 Å². The molecule has 2 atom stereocenters. The molecule has 8 heteroatoms. The molecule has 0 spiro atoms. The van der Waals surface area contributed by atoms with Crippen LogP contribution in [0.1, 0.15) is 50.8 Å². The summed E-state index contributed by atoms with van der Waals surface area (Å²) < 4.78 is 11.5. The van der Waals surface area contributed by atoms with Gasteiger partial charge in [-0.1, -0.05) is 37.6 Å². The van der Waals surface area contributed by atoms with E-state index in [-0.39, 0.29) is 18.1 Å². The van der Waals surface area contributed by atoms with Gasteiger partial charge < -0.3 is 19.7 Å². The van der Waals surface area contributed by atoms with E-state index in [9.17, 15) is 4.79 Å². The van der Waals surface area contributed by atoms with Crippen LogP contribution in [0, 0.1) is 5.92 Å². The summed E-state index contributed by atoms with van der Waals surface area (Å²) in [6.45, 7) is 9.76. The normalized spacial score (nSPS) is 20.0. The van der Waals surface area contributed by atoms with Crippen LogP contribution in [0.2, 0.25) is 5.02 Å². The molecule has 0 saturated carbocycles. The average molecular weight is 513 g/mol. The monoisotopic (exact) mass is 512 g/mol. The number of urea groups is 1. The van der Waals surface area contributed by atoms with Crippen molar-refractivity contribution < 1.29 is 14.3 Å². The van der Waals surface area contributed by atoms with Gasteiger partial charge in [-0.15, -0.1) is 0 Å². The molecule has 0 bridgehead atoms. The zero-order valence-electron chi connectivity index (χ0n) is 21.7. The van der Waals surface area contributed by atoms with Crippen LogP contribution in [0.5, 0.6) is 11.5 Å². The van der Waals surface area contributed by atoms with Crippen molar-refractivity contribution in [1.29, 1.82) is 0 Å². The summed E-state index contributed by atoms with van der Waals surface area (Å²) >= 11 is 6.23. The number of rotatable bonds is 8. The fourth-order valence-corrected chi connectivity index (χ4v) is 4.98. The number of hydrogen-bond acceptors (Lipinski definition) is 5. The van der Waals surface area contributed by atoms with Gasteiger partial charge in [0.1, 0.15) is 17.3 Å². The van der Waals surface area contributed by atoms with E-state index in [0.29, 0.717) is 48.0 Å². The highest BCUT2D eigenvalue weighted by Crippen LogP contribution is 2.40. The number of benzene rings is 2. The van der Waals surface area contributed by atoms with Gasteiger partial charge in [-0.05, 0) is 55.5 Å². The minimum absolute atomic E-state index is 0.0273. The summed E-state index contributed by atoms with van der Waals surface area (Å²) in [6, 6.07) is 13.2. The Morgan fingerprint density at radius 3 is 2.53 bits per heavy atom. The topological polar surface area (TPSA) is 66.4 Å². The molecule has 7 nitrogen and oxygen atoms in total. The minimum atomic E-state index is -0.227. The first-order valence-corrected chi connectivity index (χ1v) is 13.2. The lowest BCUT2D eigenvalue weighted by Crippen LogP contribution is -2.53. The molecule has 36 heavy (non-hydrogen) atoms. The van der Waals surface area contributed by atoms with Crippen molar-refractivity contribution in [2.45, 2.75) is 45.7 Å². The summed E-state index contributed by atoms with van der Waals surface area (Å²) in [5.41, 5.74) is 1.83. The number of methoxy groups -OCH3 is 1.